The van der Waals surface area contributed by atoms with Crippen molar-refractivity contribution < 1.29 is 50.5 Å². The Hall–Kier alpha value is -3.09. The van der Waals surface area contributed by atoms with Gasteiger partial charge in [-0.1, -0.05) is 58.5 Å². The molecule has 2 aromatic heterocycles. The van der Waals surface area contributed by atoms with Gasteiger partial charge in [0.1, 0.15) is 22.9 Å². The predicted molar refractivity (Wildman–Crippen MR) is 317 cm³/mol. The molecule has 4 aliphatic heterocycles. The fraction of sp³-hybridized carbons (Fsp3) is 0.636. The molecule has 0 spiro atoms. The SMILES string of the molecule is CC(=O)CS(=O)(=O)C1CCOCC1.CC(=O)O.CN1C[C@@H]2C[C@H]1C[C@H]2OCc1c(C2CC2)cnn1-c1c(Cl)cccc1Cl.CN1C[C@@H]2C[C@H]1C[C@H]2OCc1c(C2CC2)cnn1-c1c(Cl)cccc1Cl.NS(=O)(=O)C1CCOCC1.[B].[B]. The average Bonchev–Trinajstić information content (AvgIpc) is 4.31. The molecule has 4 saturated heterocycles. The third-order valence-corrected chi connectivity index (χ3v) is 21.1. The number of benzene rings is 2. The first kappa shape index (κ1) is 67.0. The Balaban J connectivity index is 0.000000180. The molecule has 442 valence electrons. The van der Waals surface area contributed by atoms with Crippen molar-refractivity contribution in [2.45, 2.75) is 151 Å². The number of halogens is 4. The van der Waals surface area contributed by atoms with Gasteiger partial charge in [-0.2, -0.15) is 10.2 Å². The number of aromatic nitrogens is 4. The van der Waals surface area contributed by atoms with E-state index in [9.17, 15) is 21.6 Å². The van der Waals surface area contributed by atoms with Crippen molar-refractivity contribution >= 4 is 94.8 Å². The number of primary sulfonamides is 1. The largest absolute Gasteiger partial charge is 0.481 e. The quantitative estimate of drug-likeness (QED) is 0.113. The Bertz CT molecular complexity index is 2790. The first-order valence-electron chi connectivity index (χ1n) is 27.3. The van der Waals surface area contributed by atoms with E-state index in [1.807, 2.05) is 58.2 Å². The number of likely N-dealkylation sites (tertiary alicyclic amines) is 2. The number of piperidine rings is 2. The van der Waals surface area contributed by atoms with Crippen LogP contribution in [0.2, 0.25) is 20.1 Å². The number of fused-ring (bicyclic) bond motifs is 4. The number of Topliss-reactive ketones (excluding diaryl/α,β-unsaturated/α-hetero) is 1. The molecule has 6 heterocycles. The molecule has 6 radical (unpaired) electrons. The van der Waals surface area contributed by atoms with Gasteiger partial charge in [-0.05, 0) is 157 Å². The minimum Gasteiger partial charge on any atom is -0.481 e. The number of hydrogen-bond acceptors (Lipinski definition) is 14. The number of aliphatic carboxylic acids is 1. The maximum Gasteiger partial charge on any atom is 0.300 e. The average molecular weight is 1240 g/mol. The minimum atomic E-state index is -3.31. The number of hydrogen-bond donors (Lipinski definition) is 2. The Morgan fingerprint density at radius 2 is 0.988 bits per heavy atom. The Kier molecular flexibility index (Phi) is 24.7. The third kappa shape index (κ3) is 17.8. The van der Waals surface area contributed by atoms with Gasteiger partial charge in [0.15, 0.2) is 9.84 Å². The van der Waals surface area contributed by atoms with Crippen molar-refractivity contribution in [3.63, 3.8) is 0 Å². The fourth-order valence-corrected chi connectivity index (χ4v) is 15.5. The highest BCUT2D eigenvalue weighted by Crippen LogP contribution is 2.46. The summed E-state index contributed by atoms with van der Waals surface area (Å²) < 4.78 is 71.1. The molecule has 2 aromatic carbocycles. The summed E-state index contributed by atoms with van der Waals surface area (Å²) in [4.78, 5) is 24.6. The number of nitrogens with two attached hydrogens (primary N) is 1. The standard InChI is InChI=1S/2C20H23Cl2N3O.C8H14O4S.C5H11NO3S.C2H4O2.2B/c2*1-24-10-13-7-14(24)8-19(13)26-11-18-15(12-5-6-12)9-23-25(18)20-16(21)3-2-4-17(20)22;1-7(9)6-13(10,11)8-2-4-12-5-3-8;6-10(7,8)5-1-3-9-4-2-5;1-2(3)4;;/h2*2-4,9,12-14,19H,5-8,10-11H2,1H3;8H,2-6H2,1H3;5H,1-4H2,(H2,6,7,8);1H3,(H,3,4);;/t2*13-,14-,19+;;;;;/m00...../s1. The second-order valence-electron chi connectivity index (χ2n) is 22.2. The number of rotatable bonds is 14. The van der Waals surface area contributed by atoms with Crippen molar-refractivity contribution in [2.75, 3.05) is 59.4 Å². The monoisotopic (exact) mass is 1240 g/mol. The van der Waals surface area contributed by atoms with Crippen LogP contribution in [0.5, 0.6) is 0 Å². The van der Waals surface area contributed by atoms with E-state index in [0.29, 0.717) is 133 Å². The number of nitrogens with zero attached hydrogens (tertiary/aromatic N) is 6. The van der Waals surface area contributed by atoms with Gasteiger partial charge in [0.25, 0.3) is 5.97 Å². The summed E-state index contributed by atoms with van der Waals surface area (Å²) in [5, 5.41) is 23.3. The van der Waals surface area contributed by atoms with Crippen LogP contribution in [0.1, 0.15) is 125 Å². The minimum absolute atomic E-state index is 0. The van der Waals surface area contributed by atoms with E-state index in [1.54, 1.807) is 0 Å². The Morgan fingerprint density at radius 3 is 1.27 bits per heavy atom. The van der Waals surface area contributed by atoms with Gasteiger partial charge in [-0.25, -0.2) is 31.3 Å². The molecule has 0 unspecified atom stereocenters. The summed E-state index contributed by atoms with van der Waals surface area (Å²) in [6, 6.07) is 12.5. The van der Waals surface area contributed by atoms with Crippen LogP contribution in [0.25, 0.3) is 11.4 Å². The molecule has 8 fully saturated rings. The van der Waals surface area contributed by atoms with Crippen molar-refractivity contribution in [3.05, 3.63) is 91.4 Å². The van der Waals surface area contributed by atoms with Crippen LogP contribution in [-0.2, 0) is 61.6 Å². The molecule has 18 nitrogen and oxygen atoms in total. The molecular formula is C55H75B2Cl4N7O11S2. The van der Waals surface area contributed by atoms with Crippen LogP contribution < -0.4 is 5.14 Å². The van der Waals surface area contributed by atoms with Crippen molar-refractivity contribution in [3.8, 4) is 11.4 Å². The zero-order chi connectivity index (χ0) is 56.8. The van der Waals surface area contributed by atoms with Gasteiger partial charge in [0.05, 0.1) is 79.8 Å². The number of ether oxygens (including phenoxy) is 4. The zero-order valence-electron chi connectivity index (χ0n) is 46.5. The van der Waals surface area contributed by atoms with Gasteiger partial charge in [0, 0.05) is 75.4 Å². The molecule has 81 heavy (non-hydrogen) atoms. The number of sulfone groups is 1. The molecule has 4 bridgehead atoms. The number of carboxylic acid groups (broad SMARTS) is 1. The zero-order valence-corrected chi connectivity index (χ0v) is 51.2. The van der Waals surface area contributed by atoms with E-state index in [-0.39, 0.29) is 38.9 Å². The van der Waals surface area contributed by atoms with E-state index in [0.717, 1.165) is 55.6 Å². The molecule has 12 rings (SSSR count). The van der Waals surface area contributed by atoms with E-state index in [1.165, 1.54) is 56.6 Å². The van der Waals surface area contributed by atoms with Crippen LogP contribution in [0.3, 0.4) is 0 Å². The Morgan fingerprint density at radius 1 is 0.630 bits per heavy atom. The lowest BCUT2D eigenvalue weighted by Gasteiger charge is -2.28. The third-order valence-electron chi connectivity index (χ3n) is 16.2. The summed E-state index contributed by atoms with van der Waals surface area (Å²) in [5.74, 6) is 1.10. The maximum atomic E-state index is 11.5. The van der Waals surface area contributed by atoms with Gasteiger partial charge < -0.3 is 33.9 Å². The first-order chi connectivity index (χ1) is 37.6. The molecule has 26 heteroatoms. The highest BCUT2D eigenvalue weighted by Gasteiger charge is 2.45. The van der Waals surface area contributed by atoms with E-state index in [4.69, 9.17) is 80.4 Å². The molecule has 8 aliphatic rings. The number of sulfonamides is 1. The van der Waals surface area contributed by atoms with Crippen LogP contribution in [0.4, 0.5) is 0 Å². The summed E-state index contributed by atoms with van der Waals surface area (Å²) in [5.41, 5.74) is 6.32. The fourth-order valence-electron chi connectivity index (χ4n) is 11.8. The summed E-state index contributed by atoms with van der Waals surface area (Å²) in [6.07, 6.45) is 16.5. The molecule has 4 aliphatic carbocycles. The summed E-state index contributed by atoms with van der Waals surface area (Å²) in [6.45, 7) is 7.85. The van der Waals surface area contributed by atoms with Crippen LogP contribution in [0, 0.1) is 11.8 Å². The molecular weight excluding hydrogens is 1160 g/mol. The Labute approximate surface area is 501 Å². The lowest BCUT2D eigenvalue weighted by atomic mass is 10.1. The van der Waals surface area contributed by atoms with Gasteiger partial charge in [0.2, 0.25) is 10.0 Å². The number of carbonyl (C=O) groups is 2. The van der Waals surface area contributed by atoms with Gasteiger partial charge in [-0.15, -0.1) is 0 Å². The molecule has 3 N–H and O–H groups in total. The van der Waals surface area contributed by atoms with Crippen molar-refractivity contribution in [1.82, 2.24) is 29.4 Å². The first-order valence-corrected chi connectivity index (χ1v) is 32.2. The molecule has 4 saturated carbocycles. The van der Waals surface area contributed by atoms with E-state index < -0.39 is 25.8 Å². The molecule has 4 aromatic rings. The number of para-hydroxylation sites is 2. The number of ketones is 1. The highest BCUT2D eigenvalue weighted by molar-refractivity contribution is 7.92. The smallest absolute Gasteiger partial charge is 0.300 e. The number of carbonyl (C=O) groups excluding carboxylic acids is 1. The van der Waals surface area contributed by atoms with Crippen LogP contribution in [0.15, 0.2) is 48.8 Å². The van der Waals surface area contributed by atoms with E-state index >= 15 is 0 Å². The lowest BCUT2D eigenvalue weighted by Crippen LogP contribution is -2.35. The second-order valence-corrected chi connectivity index (χ2v) is 27.9. The molecule has 0 amide bonds. The lowest BCUT2D eigenvalue weighted by molar-refractivity contribution is -0.134. The second kappa shape index (κ2) is 29.8. The van der Waals surface area contributed by atoms with Gasteiger partial charge in [-0.3, -0.25) is 9.59 Å². The van der Waals surface area contributed by atoms with Crippen molar-refractivity contribution in [2.24, 2.45) is 17.0 Å². The van der Waals surface area contributed by atoms with E-state index in [2.05, 4.69) is 34.1 Å². The van der Waals surface area contributed by atoms with Crippen LogP contribution >= 0.6 is 46.4 Å². The maximum absolute atomic E-state index is 11.5. The molecule has 6 atom stereocenters. The van der Waals surface area contributed by atoms with Gasteiger partial charge >= 0.3 is 0 Å². The van der Waals surface area contributed by atoms with Crippen molar-refractivity contribution in [1.29, 1.82) is 0 Å². The summed E-state index contributed by atoms with van der Waals surface area (Å²) in [7, 11) is -2.07. The normalized spacial score (nSPS) is 24.5. The summed E-state index contributed by atoms with van der Waals surface area (Å²) >= 11 is 25.8. The highest BCUT2D eigenvalue weighted by atomic mass is 35.5. The predicted octanol–water partition coefficient (Wildman–Crippen LogP) is 8.28. The topological polar surface area (TPSA) is 228 Å². The number of carboxylic acids is 1. The van der Waals surface area contributed by atoms with Crippen LogP contribution in [-0.4, -0.2) is 174 Å².